The van der Waals surface area contributed by atoms with Crippen molar-refractivity contribution in [3.63, 3.8) is 0 Å². The fourth-order valence-corrected chi connectivity index (χ4v) is 6.62. The van der Waals surface area contributed by atoms with Crippen molar-refractivity contribution in [1.29, 1.82) is 0 Å². The maximum absolute atomic E-state index is 11.1. The third-order valence-corrected chi connectivity index (χ3v) is 13.8. The van der Waals surface area contributed by atoms with E-state index < -0.39 is 8.20 Å². The summed E-state index contributed by atoms with van der Waals surface area (Å²) in [7, 11) is -0.273. The molecule has 0 bridgehead atoms. The van der Waals surface area contributed by atoms with Crippen LogP contribution in [-0.2, 0) is 14.0 Å². The molecule has 3 nitrogen and oxygen atoms in total. The van der Waals surface area contributed by atoms with Crippen LogP contribution in [0.2, 0.25) is 6.04 Å². The zero-order valence-electron chi connectivity index (χ0n) is 8.26. The molecule has 0 aliphatic carbocycles. The predicted molar refractivity (Wildman–Crippen MR) is 60.1 cm³/mol. The number of carbonyl (C=O) groups is 1. The van der Waals surface area contributed by atoms with Crippen molar-refractivity contribution >= 4 is 32.5 Å². The van der Waals surface area contributed by atoms with Crippen molar-refractivity contribution in [2.75, 3.05) is 6.61 Å². The van der Waals surface area contributed by atoms with Crippen molar-refractivity contribution in [3.05, 3.63) is 12.2 Å². The van der Waals surface area contributed by atoms with Crippen LogP contribution in [0.5, 0.6) is 0 Å². The van der Waals surface area contributed by atoms with E-state index in [9.17, 15) is 9.26 Å². The first-order valence-electron chi connectivity index (χ1n) is 4.42. The fourth-order valence-electron chi connectivity index (χ4n) is 0.734. The Bertz CT molecular complexity index is 215. The maximum atomic E-state index is 11.1. The van der Waals surface area contributed by atoms with Gasteiger partial charge in [-0.05, 0) is 29.1 Å². The molecule has 13 heavy (non-hydrogen) atoms. The molecule has 0 saturated carbocycles. The largest absolute Gasteiger partial charge is 0.462 e. The molecule has 0 aromatic carbocycles. The lowest BCUT2D eigenvalue weighted by Gasteiger charge is -2.02. The molecule has 0 radical (unpaired) electrons. The van der Waals surface area contributed by atoms with Crippen LogP contribution in [0.1, 0.15) is 13.3 Å². The van der Waals surface area contributed by atoms with Crippen molar-refractivity contribution in [3.8, 4) is 0 Å². The van der Waals surface area contributed by atoms with E-state index in [1.807, 2.05) is 0 Å². The van der Waals surface area contributed by atoms with Gasteiger partial charge in [0.15, 0.2) is 0 Å². The molecule has 0 aromatic heterocycles. The number of esters is 1. The standard InChI is InChI=1S/C7H16O3Si3/c1-6(2)7(8)10-4-3-5-13(9)12-11/h1,3-5,12H2,2,11H3. The van der Waals surface area contributed by atoms with E-state index in [1.54, 1.807) is 6.92 Å². The summed E-state index contributed by atoms with van der Waals surface area (Å²) >= 11 is 0. The molecule has 0 aliphatic rings. The summed E-state index contributed by atoms with van der Waals surface area (Å²) in [6.45, 7) is 5.48. The number of hydrogen-bond donors (Lipinski definition) is 0. The highest BCUT2D eigenvalue weighted by Crippen LogP contribution is 1.96. The highest BCUT2D eigenvalue weighted by molar-refractivity contribution is 7.26. The Morgan fingerprint density at radius 3 is 2.77 bits per heavy atom. The van der Waals surface area contributed by atoms with Gasteiger partial charge in [-0.25, -0.2) is 4.79 Å². The van der Waals surface area contributed by atoms with Gasteiger partial charge < -0.3 is 9.20 Å². The van der Waals surface area contributed by atoms with Gasteiger partial charge in [-0.15, -0.1) is 0 Å². The van der Waals surface area contributed by atoms with Gasteiger partial charge >= 0.3 is 5.97 Å². The molecule has 0 N–H and O–H groups in total. The average Bonchev–Trinajstić information content (AvgIpc) is 2.11. The molecular formula is C7H16O3Si3. The lowest BCUT2D eigenvalue weighted by Crippen LogP contribution is -2.13. The number of carbonyl (C=O) groups excluding carboxylic acids is 1. The van der Waals surface area contributed by atoms with Gasteiger partial charge in [0.05, 0.1) is 15.2 Å². The molecule has 0 spiro atoms. The van der Waals surface area contributed by atoms with Gasteiger partial charge in [0, 0.05) is 5.57 Å². The Hall–Kier alpha value is -0.339. The van der Waals surface area contributed by atoms with Crippen molar-refractivity contribution < 1.29 is 14.0 Å². The van der Waals surface area contributed by atoms with Gasteiger partial charge in [-0.3, -0.25) is 0 Å². The maximum Gasteiger partial charge on any atom is 0.333 e. The van der Waals surface area contributed by atoms with E-state index in [0.29, 0.717) is 12.2 Å². The van der Waals surface area contributed by atoms with Crippen LogP contribution in [0, 0.1) is 0 Å². The van der Waals surface area contributed by atoms with Gasteiger partial charge in [-0.2, -0.15) is 0 Å². The molecule has 0 atom stereocenters. The summed E-state index contributed by atoms with van der Waals surface area (Å²) in [4.78, 5) is 10.9. The zero-order valence-corrected chi connectivity index (χ0v) is 12.7. The highest BCUT2D eigenvalue weighted by atomic mass is 29.5. The molecule has 6 heteroatoms. The third-order valence-electron chi connectivity index (χ3n) is 1.58. The second kappa shape index (κ2) is 7.10. The molecule has 0 heterocycles. The van der Waals surface area contributed by atoms with E-state index in [0.717, 1.165) is 22.2 Å². The average molecular weight is 232 g/mol. The monoisotopic (exact) mass is 232 g/mol. The molecular weight excluding hydrogens is 216 g/mol. The van der Waals surface area contributed by atoms with Crippen molar-refractivity contribution in [2.24, 2.45) is 0 Å². The van der Waals surface area contributed by atoms with Gasteiger partial charge in [0.25, 0.3) is 0 Å². The summed E-state index contributed by atoms with van der Waals surface area (Å²) in [6, 6.07) is 0.768. The Kier molecular flexibility index (Phi) is 6.92. The van der Waals surface area contributed by atoms with Crippen LogP contribution >= 0.6 is 0 Å². The molecule has 0 saturated heterocycles. The number of ether oxygens (including phenoxy) is 1. The van der Waals surface area contributed by atoms with E-state index in [2.05, 4.69) is 6.58 Å². The second-order valence-corrected chi connectivity index (χ2v) is 16.0. The molecule has 0 aromatic rings. The first kappa shape index (κ1) is 12.7. The SMILES string of the molecule is C=C(C)C(=O)OCCC[Si](=O)[SiH2][SiH3]. The van der Waals surface area contributed by atoms with Crippen LogP contribution in [-0.4, -0.2) is 39.1 Å². The molecule has 0 unspecified atom stereocenters. The number of rotatable bonds is 6. The highest BCUT2D eigenvalue weighted by Gasteiger charge is 2.04. The Morgan fingerprint density at radius 1 is 1.69 bits per heavy atom. The summed E-state index contributed by atoms with van der Waals surface area (Å²) in [5.74, 6) is -0.345. The summed E-state index contributed by atoms with van der Waals surface area (Å²) in [5.41, 5.74) is 0.421. The molecule has 0 amide bonds. The zero-order chi connectivity index (χ0) is 10.3. The Balaban J connectivity index is 3.41. The summed E-state index contributed by atoms with van der Waals surface area (Å²) < 4.78 is 16.0. The quantitative estimate of drug-likeness (QED) is 0.252. The van der Waals surface area contributed by atoms with E-state index >= 15 is 0 Å². The topological polar surface area (TPSA) is 43.4 Å². The van der Waals surface area contributed by atoms with E-state index in [4.69, 9.17) is 4.74 Å². The molecule has 0 fully saturated rings. The number of hydrogen-bond acceptors (Lipinski definition) is 3. The first-order chi connectivity index (χ1) is 6.07. The normalized spacial score (nSPS) is 10.5. The minimum Gasteiger partial charge on any atom is -0.462 e. The third kappa shape index (κ3) is 6.79. The first-order valence-corrected chi connectivity index (χ1v) is 14.0. The van der Waals surface area contributed by atoms with Crippen molar-refractivity contribution in [1.82, 2.24) is 0 Å². The summed E-state index contributed by atoms with van der Waals surface area (Å²) in [5, 5.41) is 0. The predicted octanol–water partition coefficient (Wildman–Crippen LogP) is -1.14. The molecule has 0 aliphatic heterocycles. The lowest BCUT2D eigenvalue weighted by atomic mass is 10.4. The van der Waals surface area contributed by atoms with Gasteiger partial charge in [0.1, 0.15) is 0 Å². The summed E-state index contributed by atoms with van der Waals surface area (Å²) in [6.07, 6.45) is 0.742. The van der Waals surface area contributed by atoms with E-state index in [-0.39, 0.29) is 14.5 Å². The van der Waals surface area contributed by atoms with E-state index in [1.165, 1.54) is 0 Å². The van der Waals surface area contributed by atoms with Crippen LogP contribution in [0.4, 0.5) is 0 Å². The Morgan fingerprint density at radius 2 is 2.31 bits per heavy atom. The minimum absolute atomic E-state index is 0.197. The Labute approximate surface area is 85.0 Å². The molecule has 74 valence electrons. The van der Waals surface area contributed by atoms with Crippen LogP contribution in [0.3, 0.4) is 0 Å². The van der Waals surface area contributed by atoms with Crippen LogP contribution in [0.15, 0.2) is 12.2 Å². The van der Waals surface area contributed by atoms with Gasteiger partial charge in [-0.1, -0.05) is 6.58 Å². The smallest absolute Gasteiger partial charge is 0.333 e. The minimum atomic E-state index is -1.21. The molecule has 0 rings (SSSR count). The van der Waals surface area contributed by atoms with Crippen LogP contribution < -0.4 is 0 Å². The van der Waals surface area contributed by atoms with Gasteiger partial charge in [0.2, 0.25) is 8.20 Å². The van der Waals surface area contributed by atoms with Crippen molar-refractivity contribution in [2.45, 2.75) is 19.4 Å². The lowest BCUT2D eigenvalue weighted by molar-refractivity contribution is -0.138. The second-order valence-electron chi connectivity index (χ2n) is 2.91. The fraction of sp³-hybridized carbons (Fsp3) is 0.571. The van der Waals surface area contributed by atoms with Crippen LogP contribution in [0.25, 0.3) is 0 Å².